The standard InChI is InChI=1S/C14H15BrN2O2/c1-9-6-11(17(2)16-9)8-13(18)12-5-4-10(15)7-14(12)19-3/h4-7H,8H2,1-3H3. The van der Waals surface area contributed by atoms with Crippen molar-refractivity contribution >= 4 is 21.7 Å². The molecule has 0 unspecified atom stereocenters. The Labute approximate surface area is 120 Å². The van der Waals surface area contributed by atoms with E-state index in [1.54, 1.807) is 23.9 Å². The van der Waals surface area contributed by atoms with Crippen molar-refractivity contribution in [3.05, 3.63) is 45.7 Å². The van der Waals surface area contributed by atoms with Crippen LogP contribution in [0.4, 0.5) is 0 Å². The molecule has 0 atom stereocenters. The summed E-state index contributed by atoms with van der Waals surface area (Å²) in [6.07, 6.45) is 0.315. The zero-order valence-corrected chi connectivity index (χ0v) is 12.7. The molecule has 0 bridgehead atoms. The summed E-state index contributed by atoms with van der Waals surface area (Å²) in [5.74, 6) is 0.602. The van der Waals surface area contributed by atoms with Gasteiger partial charge < -0.3 is 4.74 Å². The summed E-state index contributed by atoms with van der Waals surface area (Å²) in [7, 11) is 3.40. The molecule has 19 heavy (non-hydrogen) atoms. The summed E-state index contributed by atoms with van der Waals surface area (Å²) < 4.78 is 7.87. The van der Waals surface area contributed by atoms with Crippen LogP contribution in [0.5, 0.6) is 5.75 Å². The SMILES string of the molecule is COc1cc(Br)ccc1C(=O)Cc1cc(C)nn1C. The Morgan fingerprint density at radius 3 is 2.74 bits per heavy atom. The molecule has 2 rings (SSSR count). The van der Waals surface area contributed by atoms with Gasteiger partial charge in [-0.1, -0.05) is 15.9 Å². The number of nitrogens with zero attached hydrogens (tertiary/aromatic N) is 2. The third-order valence-corrected chi connectivity index (χ3v) is 3.40. The lowest BCUT2D eigenvalue weighted by atomic mass is 10.1. The van der Waals surface area contributed by atoms with E-state index < -0.39 is 0 Å². The highest BCUT2D eigenvalue weighted by molar-refractivity contribution is 9.10. The Bertz CT molecular complexity index is 620. The van der Waals surface area contributed by atoms with Crippen LogP contribution in [0.15, 0.2) is 28.7 Å². The van der Waals surface area contributed by atoms with E-state index in [0.29, 0.717) is 17.7 Å². The maximum atomic E-state index is 12.3. The number of benzene rings is 1. The third-order valence-electron chi connectivity index (χ3n) is 2.90. The molecule has 0 N–H and O–H groups in total. The van der Waals surface area contributed by atoms with E-state index in [0.717, 1.165) is 15.9 Å². The molecule has 0 spiro atoms. The molecule has 0 saturated heterocycles. The Morgan fingerprint density at radius 2 is 2.16 bits per heavy atom. The molecule has 0 fully saturated rings. The van der Waals surface area contributed by atoms with Crippen molar-refractivity contribution in [3.63, 3.8) is 0 Å². The van der Waals surface area contributed by atoms with Crippen LogP contribution in [0.2, 0.25) is 0 Å². The minimum atomic E-state index is 0.0207. The lowest BCUT2D eigenvalue weighted by Gasteiger charge is -2.08. The van der Waals surface area contributed by atoms with Gasteiger partial charge in [0.05, 0.1) is 24.8 Å². The van der Waals surface area contributed by atoms with Crippen molar-refractivity contribution in [2.45, 2.75) is 13.3 Å². The maximum absolute atomic E-state index is 12.3. The summed E-state index contributed by atoms with van der Waals surface area (Å²) in [5, 5.41) is 4.24. The van der Waals surface area contributed by atoms with Crippen LogP contribution in [0.3, 0.4) is 0 Å². The lowest BCUT2D eigenvalue weighted by Crippen LogP contribution is -2.09. The number of aromatic nitrogens is 2. The van der Waals surface area contributed by atoms with E-state index in [2.05, 4.69) is 21.0 Å². The maximum Gasteiger partial charge on any atom is 0.172 e. The van der Waals surface area contributed by atoms with E-state index >= 15 is 0 Å². The molecule has 2 aromatic rings. The normalized spacial score (nSPS) is 10.5. The fraction of sp³-hybridized carbons (Fsp3) is 0.286. The highest BCUT2D eigenvalue weighted by Crippen LogP contribution is 2.24. The summed E-state index contributed by atoms with van der Waals surface area (Å²) in [6, 6.07) is 7.32. The number of carbonyl (C=O) groups excluding carboxylic acids is 1. The van der Waals surface area contributed by atoms with Crippen molar-refractivity contribution in [1.82, 2.24) is 9.78 Å². The number of carbonyl (C=O) groups is 1. The van der Waals surface area contributed by atoms with Crippen molar-refractivity contribution < 1.29 is 9.53 Å². The summed E-state index contributed by atoms with van der Waals surface area (Å²) >= 11 is 3.36. The highest BCUT2D eigenvalue weighted by Gasteiger charge is 2.15. The Kier molecular flexibility index (Phi) is 4.04. The second-order valence-electron chi connectivity index (χ2n) is 4.35. The quantitative estimate of drug-likeness (QED) is 0.813. The van der Waals surface area contributed by atoms with E-state index in [1.807, 2.05) is 26.1 Å². The zero-order valence-electron chi connectivity index (χ0n) is 11.1. The second-order valence-corrected chi connectivity index (χ2v) is 5.26. The molecular formula is C14H15BrN2O2. The van der Waals surface area contributed by atoms with Gasteiger partial charge in [-0.25, -0.2) is 0 Å². The molecule has 4 nitrogen and oxygen atoms in total. The number of aryl methyl sites for hydroxylation is 2. The zero-order chi connectivity index (χ0) is 14.0. The fourth-order valence-corrected chi connectivity index (χ4v) is 2.32. The topological polar surface area (TPSA) is 44.1 Å². The molecular weight excluding hydrogens is 308 g/mol. The van der Waals surface area contributed by atoms with Crippen LogP contribution < -0.4 is 4.74 Å². The molecule has 1 heterocycles. The predicted molar refractivity (Wildman–Crippen MR) is 76.7 cm³/mol. The minimum absolute atomic E-state index is 0.0207. The summed E-state index contributed by atoms with van der Waals surface area (Å²) in [5.41, 5.74) is 2.39. The number of Topliss-reactive ketones (excluding diaryl/α,β-unsaturated/α-hetero) is 1. The Balaban J connectivity index is 2.27. The average Bonchev–Trinajstić information content (AvgIpc) is 2.67. The lowest BCUT2D eigenvalue weighted by molar-refractivity contribution is 0.0988. The van der Waals surface area contributed by atoms with E-state index in [1.165, 1.54) is 0 Å². The van der Waals surface area contributed by atoms with Crippen LogP contribution in [-0.4, -0.2) is 22.7 Å². The van der Waals surface area contributed by atoms with Crippen LogP contribution in [0.1, 0.15) is 21.7 Å². The number of methoxy groups -OCH3 is 1. The van der Waals surface area contributed by atoms with Crippen molar-refractivity contribution in [2.24, 2.45) is 7.05 Å². The molecule has 0 aliphatic heterocycles. The van der Waals surface area contributed by atoms with Gasteiger partial charge in [-0.15, -0.1) is 0 Å². The van der Waals surface area contributed by atoms with Gasteiger partial charge >= 0.3 is 0 Å². The fourth-order valence-electron chi connectivity index (χ4n) is 1.98. The van der Waals surface area contributed by atoms with Gasteiger partial charge in [0.2, 0.25) is 0 Å². The number of hydrogen-bond donors (Lipinski definition) is 0. The predicted octanol–water partition coefficient (Wildman–Crippen LogP) is 2.93. The molecule has 1 aromatic heterocycles. The van der Waals surface area contributed by atoms with Gasteiger partial charge in [-0.2, -0.15) is 5.10 Å². The van der Waals surface area contributed by atoms with E-state index in [-0.39, 0.29) is 5.78 Å². The highest BCUT2D eigenvalue weighted by atomic mass is 79.9. The Hall–Kier alpha value is -1.62. The van der Waals surface area contributed by atoms with Crippen molar-refractivity contribution in [3.8, 4) is 5.75 Å². The first-order chi connectivity index (χ1) is 9.01. The molecule has 0 aliphatic rings. The number of halogens is 1. The summed E-state index contributed by atoms with van der Waals surface area (Å²) in [6.45, 7) is 1.91. The first-order valence-electron chi connectivity index (χ1n) is 5.87. The summed E-state index contributed by atoms with van der Waals surface area (Å²) in [4.78, 5) is 12.3. The number of ketones is 1. The van der Waals surface area contributed by atoms with Crippen molar-refractivity contribution in [2.75, 3.05) is 7.11 Å². The van der Waals surface area contributed by atoms with Crippen LogP contribution in [0.25, 0.3) is 0 Å². The molecule has 5 heteroatoms. The van der Waals surface area contributed by atoms with Gasteiger partial charge in [0, 0.05) is 17.2 Å². The first kappa shape index (κ1) is 13.8. The molecule has 100 valence electrons. The van der Waals surface area contributed by atoms with Gasteiger partial charge in [0.15, 0.2) is 5.78 Å². The van der Waals surface area contributed by atoms with Crippen molar-refractivity contribution in [1.29, 1.82) is 0 Å². The first-order valence-corrected chi connectivity index (χ1v) is 6.67. The van der Waals surface area contributed by atoms with E-state index in [4.69, 9.17) is 4.74 Å². The van der Waals surface area contributed by atoms with Crippen LogP contribution >= 0.6 is 15.9 Å². The minimum Gasteiger partial charge on any atom is -0.496 e. The van der Waals surface area contributed by atoms with Gasteiger partial charge in [-0.3, -0.25) is 9.48 Å². The van der Waals surface area contributed by atoms with Gasteiger partial charge in [0.1, 0.15) is 5.75 Å². The van der Waals surface area contributed by atoms with Gasteiger partial charge in [-0.05, 0) is 31.2 Å². The molecule has 0 amide bonds. The largest absolute Gasteiger partial charge is 0.496 e. The van der Waals surface area contributed by atoms with E-state index in [9.17, 15) is 4.79 Å². The average molecular weight is 323 g/mol. The smallest absolute Gasteiger partial charge is 0.172 e. The monoisotopic (exact) mass is 322 g/mol. The van der Waals surface area contributed by atoms with Crippen LogP contribution in [-0.2, 0) is 13.5 Å². The number of hydrogen-bond acceptors (Lipinski definition) is 3. The molecule has 0 saturated carbocycles. The molecule has 0 aliphatic carbocycles. The van der Waals surface area contributed by atoms with Gasteiger partial charge in [0.25, 0.3) is 0 Å². The number of ether oxygens (including phenoxy) is 1. The molecule has 0 radical (unpaired) electrons. The third kappa shape index (κ3) is 3.04. The molecule has 1 aromatic carbocycles. The van der Waals surface area contributed by atoms with Crippen LogP contribution in [0, 0.1) is 6.92 Å². The Morgan fingerprint density at radius 1 is 1.42 bits per heavy atom. The second kappa shape index (κ2) is 5.57. The number of rotatable bonds is 4.